The Bertz CT molecular complexity index is 365. The van der Waals surface area contributed by atoms with Gasteiger partial charge in [0.1, 0.15) is 5.75 Å². The maximum absolute atomic E-state index is 5.91. The standard InChI is InChI=1S/C16H28N2O/c1-5-16(6-2,13-17)10-11-19-15-9-7-8-14(12-15)18(3)4/h7-9,12H,5-6,10-11,13,17H2,1-4H3. The lowest BCUT2D eigenvalue weighted by atomic mass is 9.80. The third-order valence-electron chi connectivity index (χ3n) is 4.17. The summed E-state index contributed by atoms with van der Waals surface area (Å²) in [5, 5.41) is 0. The van der Waals surface area contributed by atoms with E-state index in [1.165, 1.54) is 0 Å². The van der Waals surface area contributed by atoms with Crippen molar-refractivity contribution in [2.45, 2.75) is 33.1 Å². The van der Waals surface area contributed by atoms with E-state index in [9.17, 15) is 0 Å². The number of nitrogens with zero attached hydrogens (tertiary/aromatic N) is 1. The third-order valence-corrected chi connectivity index (χ3v) is 4.17. The Balaban J connectivity index is 2.55. The van der Waals surface area contributed by atoms with E-state index >= 15 is 0 Å². The molecule has 0 saturated heterocycles. The van der Waals surface area contributed by atoms with Crippen LogP contribution in [0, 0.1) is 5.41 Å². The first-order valence-electron chi connectivity index (χ1n) is 7.17. The first kappa shape index (κ1) is 15.8. The Hall–Kier alpha value is -1.22. The largest absolute Gasteiger partial charge is 0.493 e. The molecule has 0 atom stereocenters. The first-order valence-corrected chi connectivity index (χ1v) is 7.17. The van der Waals surface area contributed by atoms with E-state index in [1.807, 2.05) is 26.2 Å². The Kier molecular flexibility index (Phi) is 6.16. The molecule has 108 valence electrons. The number of hydrogen-bond acceptors (Lipinski definition) is 3. The van der Waals surface area contributed by atoms with Gasteiger partial charge in [0.25, 0.3) is 0 Å². The molecule has 1 aromatic rings. The molecule has 3 nitrogen and oxygen atoms in total. The lowest BCUT2D eigenvalue weighted by Gasteiger charge is -2.30. The smallest absolute Gasteiger partial charge is 0.121 e. The summed E-state index contributed by atoms with van der Waals surface area (Å²) < 4.78 is 5.88. The zero-order valence-electron chi connectivity index (χ0n) is 12.8. The van der Waals surface area contributed by atoms with Crippen LogP contribution in [0.5, 0.6) is 5.75 Å². The molecule has 19 heavy (non-hydrogen) atoms. The minimum atomic E-state index is 0.235. The summed E-state index contributed by atoms with van der Waals surface area (Å²) in [4.78, 5) is 2.08. The second-order valence-corrected chi connectivity index (χ2v) is 5.40. The Morgan fingerprint density at radius 2 is 1.89 bits per heavy atom. The topological polar surface area (TPSA) is 38.5 Å². The fourth-order valence-electron chi connectivity index (χ4n) is 2.23. The van der Waals surface area contributed by atoms with Crippen LogP contribution in [0.15, 0.2) is 24.3 Å². The first-order chi connectivity index (χ1) is 9.06. The highest BCUT2D eigenvalue weighted by atomic mass is 16.5. The fourth-order valence-corrected chi connectivity index (χ4v) is 2.23. The van der Waals surface area contributed by atoms with Gasteiger partial charge in [-0.15, -0.1) is 0 Å². The molecule has 0 saturated carbocycles. The summed E-state index contributed by atoms with van der Waals surface area (Å²) in [5.41, 5.74) is 7.31. The molecule has 3 heteroatoms. The average Bonchev–Trinajstić information content (AvgIpc) is 2.44. The highest BCUT2D eigenvalue weighted by Crippen LogP contribution is 2.29. The van der Waals surface area contributed by atoms with Crippen LogP contribution in [0.25, 0.3) is 0 Å². The van der Waals surface area contributed by atoms with Crippen LogP contribution in [0.4, 0.5) is 5.69 Å². The van der Waals surface area contributed by atoms with E-state index in [1.54, 1.807) is 0 Å². The molecule has 1 rings (SSSR count). The molecular formula is C16H28N2O. The number of anilines is 1. The maximum atomic E-state index is 5.91. The molecule has 0 heterocycles. The molecule has 0 amide bonds. The molecule has 0 radical (unpaired) electrons. The van der Waals surface area contributed by atoms with E-state index in [4.69, 9.17) is 10.5 Å². The molecule has 2 N–H and O–H groups in total. The third kappa shape index (κ3) is 4.43. The Morgan fingerprint density at radius 3 is 2.42 bits per heavy atom. The second kappa shape index (κ2) is 7.39. The van der Waals surface area contributed by atoms with Crippen LogP contribution in [0.1, 0.15) is 33.1 Å². The van der Waals surface area contributed by atoms with Crippen LogP contribution in [-0.2, 0) is 0 Å². The number of rotatable bonds is 8. The SMILES string of the molecule is CCC(CC)(CN)CCOc1cccc(N(C)C)c1. The van der Waals surface area contributed by atoms with Crippen molar-refractivity contribution in [1.29, 1.82) is 0 Å². The van der Waals surface area contributed by atoms with Gasteiger partial charge in [0.2, 0.25) is 0 Å². The van der Waals surface area contributed by atoms with Crippen molar-refractivity contribution in [1.82, 2.24) is 0 Å². The molecule has 0 bridgehead atoms. The predicted molar refractivity (Wildman–Crippen MR) is 83.0 cm³/mol. The molecule has 0 aliphatic carbocycles. The summed E-state index contributed by atoms with van der Waals surface area (Å²) in [6.07, 6.45) is 3.24. The average molecular weight is 264 g/mol. The van der Waals surface area contributed by atoms with Gasteiger partial charge in [-0.3, -0.25) is 0 Å². The molecular weight excluding hydrogens is 236 g/mol. The van der Waals surface area contributed by atoms with Gasteiger partial charge in [0.05, 0.1) is 6.61 Å². The zero-order valence-corrected chi connectivity index (χ0v) is 12.8. The second-order valence-electron chi connectivity index (χ2n) is 5.40. The van der Waals surface area contributed by atoms with Gasteiger partial charge < -0.3 is 15.4 Å². The number of nitrogens with two attached hydrogens (primary N) is 1. The summed E-state index contributed by atoms with van der Waals surface area (Å²) in [7, 11) is 4.07. The minimum absolute atomic E-state index is 0.235. The van der Waals surface area contributed by atoms with Gasteiger partial charge >= 0.3 is 0 Å². The van der Waals surface area contributed by atoms with Crippen molar-refractivity contribution >= 4 is 5.69 Å². The molecule has 0 fully saturated rings. The van der Waals surface area contributed by atoms with Crippen molar-refractivity contribution in [3.05, 3.63) is 24.3 Å². The van der Waals surface area contributed by atoms with Crippen molar-refractivity contribution in [3.8, 4) is 5.75 Å². The summed E-state index contributed by atoms with van der Waals surface area (Å²) in [5.74, 6) is 0.935. The predicted octanol–water partition coefficient (Wildman–Crippen LogP) is 3.29. The number of benzene rings is 1. The van der Waals surface area contributed by atoms with Crippen LogP contribution in [-0.4, -0.2) is 27.2 Å². The molecule has 0 spiro atoms. The maximum Gasteiger partial charge on any atom is 0.121 e. The van der Waals surface area contributed by atoms with Crippen LogP contribution < -0.4 is 15.4 Å². The molecule has 0 aliphatic heterocycles. The highest BCUT2D eigenvalue weighted by Gasteiger charge is 2.24. The molecule has 0 aliphatic rings. The monoisotopic (exact) mass is 264 g/mol. The van der Waals surface area contributed by atoms with Gasteiger partial charge in [-0.1, -0.05) is 19.9 Å². The van der Waals surface area contributed by atoms with Crippen molar-refractivity contribution in [2.24, 2.45) is 11.1 Å². The highest BCUT2D eigenvalue weighted by molar-refractivity contribution is 5.49. The van der Waals surface area contributed by atoms with E-state index in [0.29, 0.717) is 0 Å². The van der Waals surface area contributed by atoms with Crippen molar-refractivity contribution in [2.75, 3.05) is 32.1 Å². The zero-order chi connectivity index (χ0) is 14.3. The molecule has 0 unspecified atom stereocenters. The Morgan fingerprint density at radius 1 is 1.21 bits per heavy atom. The van der Waals surface area contributed by atoms with E-state index in [2.05, 4.69) is 30.9 Å². The lowest BCUT2D eigenvalue weighted by molar-refractivity contribution is 0.187. The number of hydrogen-bond donors (Lipinski definition) is 1. The van der Waals surface area contributed by atoms with E-state index in [0.717, 1.165) is 43.9 Å². The summed E-state index contributed by atoms with van der Waals surface area (Å²) >= 11 is 0. The fraction of sp³-hybridized carbons (Fsp3) is 0.625. The summed E-state index contributed by atoms with van der Waals surface area (Å²) in [6, 6.07) is 8.19. The van der Waals surface area contributed by atoms with Gasteiger partial charge in [-0.25, -0.2) is 0 Å². The van der Waals surface area contributed by atoms with Gasteiger partial charge in [0.15, 0.2) is 0 Å². The van der Waals surface area contributed by atoms with E-state index in [-0.39, 0.29) is 5.41 Å². The quantitative estimate of drug-likeness (QED) is 0.783. The molecule has 0 aromatic heterocycles. The normalized spacial score (nSPS) is 11.4. The molecule has 1 aromatic carbocycles. The van der Waals surface area contributed by atoms with Crippen LogP contribution in [0.3, 0.4) is 0 Å². The number of ether oxygens (including phenoxy) is 1. The van der Waals surface area contributed by atoms with Crippen molar-refractivity contribution in [3.63, 3.8) is 0 Å². The van der Waals surface area contributed by atoms with Gasteiger partial charge in [-0.05, 0) is 43.4 Å². The lowest BCUT2D eigenvalue weighted by Crippen LogP contribution is -2.31. The van der Waals surface area contributed by atoms with Crippen LogP contribution in [0.2, 0.25) is 0 Å². The van der Waals surface area contributed by atoms with Crippen LogP contribution >= 0.6 is 0 Å². The summed E-state index contributed by atoms with van der Waals surface area (Å²) in [6.45, 7) is 5.89. The van der Waals surface area contributed by atoms with Gasteiger partial charge in [-0.2, -0.15) is 0 Å². The van der Waals surface area contributed by atoms with Crippen molar-refractivity contribution < 1.29 is 4.74 Å². The van der Waals surface area contributed by atoms with Gasteiger partial charge in [0, 0.05) is 25.8 Å². The Labute approximate surface area is 117 Å². The minimum Gasteiger partial charge on any atom is -0.493 e. The van der Waals surface area contributed by atoms with E-state index < -0.39 is 0 Å².